The van der Waals surface area contributed by atoms with E-state index in [9.17, 15) is 0 Å². The second-order valence-corrected chi connectivity index (χ2v) is 4.98. The summed E-state index contributed by atoms with van der Waals surface area (Å²) in [5, 5.41) is 0. The van der Waals surface area contributed by atoms with Crippen molar-refractivity contribution in [2.75, 3.05) is 0 Å². The molecule has 0 fully saturated rings. The van der Waals surface area contributed by atoms with E-state index in [1.807, 2.05) is 24.3 Å². The van der Waals surface area contributed by atoms with Crippen molar-refractivity contribution in [1.29, 1.82) is 0 Å². The lowest BCUT2D eigenvalue weighted by Gasteiger charge is -2.15. The summed E-state index contributed by atoms with van der Waals surface area (Å²) in [6.07, 6.45) is 8.39. The molecule has 0 aliphatic rings. The lowest BCUT2D eigenvalue weighted by molar-refractivity contribution is 1.15. The van der Waals surface area contributed by atoms with E-state index in [0.29, 0.717) is 0 Å². The molecule has 105 valence electrons. The van der Waals surface area contributed by atoms with Crippen LogP contribution in [0, 0.1) is 6.07 Å². The van der Waals surface area contributed by atoms with Crippen LogP contribution in [0.15, 0.2) is 74.4 Å². The van der Waals surface area contributed by atoms with Crippen molar-refractivity contribution in [3.63, 3.8) is 0 Å². The van der Waals surface area contributed by atoms with Gasteiger partial charge in [-0.25, -0.2) is 0 Å². The van der Waals surface area contributed by atoms with E-state index in [1.54, 1.807) is 0 Å². The zero-order valence-corrected chi connectivity index (χ0v) is 12.4. The SMILES string of the molecule is C=CCc1[c]ccc(-c2ccccc2CC=C)c1CC=C. The van der Waals surface area contributed by atoms with Crippen LogP contribution in [-0.2, 0) is 19.3 Å². The fourth-order valence-electron chi connectivity index (χ4n) is 2.65. The molecule has 0 aliphatic carbocycles. The molecule has 21 heavy (non-hydrogen) atoms. The maximum absolute atomic E-state index is 3.89. The van der Waals surface area contributed by atoms with Gasteiger partial charge < -0.3 is 0 Å². The predicted molar refractivity (Wildman–Crippen MR) is 92.4 cm³/mol. The van der Waals surface area contributed by atoms with E-state index >= 15 is 0 Å². The first-order valence-electron chi connectivity index (χ1n) is 7.25. The van der Waals surface area contributed by atoms with E-state index in [1.165, 1.54) is 27.8 Å². The van der Waals surface area contributed by atoms with E-state index in [4.69, 9.17) is 0 Å². The Bertz CT molecular complexity index is 647. The van der Waals surface area contributed by atoms with Crippen LogP contribution >= 0.6 is 0 Å². The minimum Gasteiger partial charge on any atom is -0.103 e. The minimum atomic E-state index is 0.834. The molecule has 2 rings (SSSR count). The highest BCUT2D eigenvalue weighted by atomic mass is 14.1. The summed E-state index contributed by atoms with van der Waals surface area (Å²) in [5.41, 5.74) is 6.34. The van der Waals surface area contributed by atoms with Crippen molar-refractivity contribution in [3.05, 3.63) is 97.1 Å². The largest absolute Gasteiger partial charge is 0.103 e. The molecular weight excluding hydrogens is 252 g/mol. The Labute approximate surface area is 128 Å². The van der Waals surface area contributed by atoms with Crippen LogP contribution < -0.4 is 0 Å². The topological polar surface area (TPSA) is 0 Å². The molecule has 0 unspecified atom stereocenters. The Hall–Kier alpha value is -2.34. The number of benzene rings is 2. The lowest BCUT2D eigenvalue weighted by atomic mass is 9.89. The Balaban J connectivity index is 2.62. The van der Waals surface area contributed by atoms with Crippen molar-refractivity contribution in [3.8, 4) is 11.1 Å². The third-order valence-electron chi connectivity index (χ3n) is 3.57. The smallest absolute Gasteiger partial charge is 0.00909 e. The molecule has 0 nitrogen and oxygen atoms in total. The number of allylic oxidation sites excluding steroid dienone is 3. The first-order valence-corrected chi connectivity index (χ1v) is 7.25. The van der Waals surface area contributed by atoms with Gasteiger partial charge in [0.25, 0.3) is 0 Å². The Morgan fingerprint density at radius 2 is 1.52 bits per heavy atom. The number of rotatable bonds is 7. The average Bonchev–Trinajstić information content (AvgIpc) is 2.50. The molecule has 0 atom stereocenters. The van der Waals surface area contributed by atoms with Gasteiger partial charge in [-0.05, 0) is 53.1 Å². The van der Waals surface area contributed by atoms with Gasteiger partial charge in [0.1, 0.15) is 0 Å². The van der Waals surface area contributed by atoms with Gasteiger partial charge in [0.15, 0.2) is 0 Å². The molecule has 0 aliphatic heterocycles. The maximum Gasteiger partial charge on any atom is -0.00909 e. The third-order valence-corrected chi connectivity index (χ3v) is 3.57. The fraction of sp³-hybridized carbons (Fsp3) is 0.143. The molecular formula is C21H21. The van der Waals surface area contributed by atoms with Gasteiger partial charge in [0.05, 0.1) is 0 Å². The Morgan fingerprint density at radius 3 is 2.24 bits per heavy atom. The second-order valence-electron chi connectivity index (χ2n) is 4.98. The molecule has 0 aromatic heterocycles. The van der Waals surface area contributed by atoms with Gasteiger partial charge in [-0.1, -0.05) is 54.6 Å². The van der Waals surface area contributed by atoms with Gasteiger partial charge in [-0.3, -0.25) is 0 Å². The lowest BCUT2D eigenvalue weighted by Crippen LogP contribution is -1.98. The van der Waals surface area contributed by atoms with Crippen LogP contribution in [-0.4, -0.2) is 0 Å². The number of hydrogen-bond acceptors (Lipinski definition) is 0. The third kappa shape index (κ3) is 3.41. The van der Waals surface area contributed by atoms with Gasteiger partial charge >= 0.3 is 0 Å². The summed E-state index contributed by atoms with van der Waals surface area (Å²) in [6, 6.07) is 16.0. The second kappa shape index (κ2) is 7.44. The molecule has 0 heterocycles. The summed E-state index contributed by atoms with van der Waals surface area (Å²) < 4.78 is 0. The van der Waals surface area contributed by atoms with Gasteiger partial charge in [0.2, 0.25) is 0 Å². The number of hydrogen-bond donors (Lipinski definition) is 0. The first kappa shape index (κ1) is 15.1. The zero-order chi connectivity index (χ0) is 15.1. The molecule has 0 saturated heterocycles. The van der Waals surface area contributed by atoms with Crippen LogP contribution in [0.1, 0.15) is 16.7 Å². The normalized spacial score (nSPS) is 10.1. The van der Waals surface area contributed by atoms with Crippen LogP contribution in [0.5, 0.6) is 0 Å². The summed E-state index contributed by atoms with van der Waals surface area (Å²) in [5.74, 6) is 0. The van der Waals surface area contributed by atoms with Crippen molar-refractivity contribution < 1.29 is 0 Å². The average molecular weight is 273 g/mol. The highest BCUT2D eigenvalue weighted by molar-refractivity contribution is 5.72. The molecule has 0 spiro atoms. The van der Waals surface area contributed by atoms with Crippen LogP contribution in [0.2, 0.25) is 0 Å². The van der Waals surface area contributed by atoms with E-state index in [-0.39, 0.29) is 0 Å². The monoisotopic (exact) mass is 273 g/mol. The van der Waals surface area contributed by atoms with E-state index in [2.05, 4.69) is 56.1 Å². The molecule has 0 heteroatoms. The van der Waals surface area contributed by atoms with Crippen molar-refractivity contribution in [2.45, 2.75) is 19.3 Å². The first-order chi connectivity index (χ1) is 10.3. The van der Waals surface area contributed by atoms with Crippen LogP contribution in [0.25, 0.3) is 11.1 Å². The molecule has 2 aromatic rings. The summed E-state index contributed by atoms with van der Waals surface area (Å²) in [7, 11) is 0. The van der Waals surface area contributed by atoms with Crippen molar-refractivity contribution in [1.82, 2.24) is 0 Å². The molecule has 0 N–H and O–H groups in total. The quantitative estimate of drug-likeness (QED) is 0.597. The summed E-state index contributed by atoms with van der Waals surface area (Å²) in [6.45, 7) is 11.6. The minimum absolute atomic E-state index is 0.834. The van der Waals surface area contributed by atoms with E-state index in [0.717, 1.165) is 19.3 Å². The maximum atomic E-state index is 3.89. The molecule has 0 bridgehead atoms. The van der Waals surface area contributed by atoms with Crippen molar-refractivity contribution in [2.24, 2.45) is 0 Å². The Morgan fingerprint density at radius 1 is 0.810 bits per heavy atom. The molecule has 0 saturated carbocycles. The molecule has 1 radical (unpaired) electrons. The zero-order valence-electron chi connectivity index (χ0n) is 12.4. The van der Waals surface area contributed by atoms with E-state index < -0.39 is 0 Å². The highest BCUT2D eigenvalue weighted by Crippen LogP contribution is 2.30. The standard InChI is InChI=1S/C21H21/c1-4-10-17-13-7-8-15-20(17)21-16-9-14-18(11-5-2)19(21)12-6-3/h4-9,13,15-16H,1-3,10-12H2. The van der Waals surface area contributed by atoms with Crippen LogP contribution in [0.4, 0.5) is 0 Å². The van der Waals surface area contributed by atoms with Crippen LogP contribution in [0.3, 0.4) is 0 Å². The molecule has 0 amide bonds. The summed E-state index contributed by atoms with van der Waals surface area (Å²) in [4.78, 5) is 0. The fourth-order valence-corrected chi connectivity index (χ4v) is 2.65. The highest BCUT2D eigenvalue weighted by Gasteiger charge is 2.11. The molecule has 2 aromatic carbocycles. The predicted octanol–water partition coefficient (Wildman–Crippen LogP) is 5.34. The van der Waals surface area contributed by atoms with Gasteiger partial charge in [-0.15, -0.1) is 19.7 Å². The Kier molecular flexibility index (Phi) is 5.34. The van der Waals surface area contributed by atoms with Crippen molar-refractivity contribution >= 4 is 0 Å². The van der Waals surface area contributed by atoms with Gasteiger partial charge in [0, 0.05) is 0 Å². The van der Waals surface area contributed by atoms with Gasteiger partial charge in [-0.2, -0.15) is 0 Å². The summed E-state index contributed by atoms with van der Waals surface area (Å²) >= 11 is 0.